The highest BCUT2D eigenvalue weighted by Gasteiger charge is 2.31. The maximum atomic E-state index is 10.9. The maximum Gasteiger partial charge on any atom is 0.331 e. The molecule has 0 aromatic heterocycles. The Hall–Kier alpha value is -0.220. The molecule has 1 heterocycles. The van der Waals surface area contributed by atoms with Crippen LogP contribution < -0.4 is 0 Å². The molecular weight excluding hydrogens is 198 g/mol. The van der Waals surface area contributed by atoms with Crippen molar-refractivity contribution in [2.75, 3.05) is 18.8 Å². The molecule has 0 aromatic carbocycles. The number of aliphatic carboxylic acids is 1. The van der Waals surface area contributed by atoms with E-state index in [1.54, 1.807) is 0 Å². The molecule has 0 aromatic rings. The van der Waals surface area contributed by atoms with Gasteiger partial charge in [0, 0.05) is 18.8 Å². The lowest BCUT2D eigenvalue weighted by Crippen LogP contribution is -2.36. The van der Waals surface area contributed by atoms with Crippen LogP contribution in [0.1, 0.15) is 27.2 Å². The summed E-state index contributed by atoms with van der Waals surface area (Å²) in [5.41, 5.74) is 0.288. The van der Waals surface area contributed by atoms with Gasteiger partial charge in [0.25, 0.3) is 0 Å². The molecule has 1 N–H and O–H groups in total. The van der Waals surface area contributed by atoms with E-state index in [1.807, 2.05) is 0 Å². The van der Waals surface area contributed by atoms with Gasteiger partial charge in [-0.1, -0.05) is 20.8 Å². The van der Waals surface area contributed by atoms with Crippen LogP contribution in [0.5, 0.6) is 0 Å². The molecule has 1 aliphatic rings. The Morgan fingerprint density at radius 2 is 2.21 bits per heavy atom. The molecule has 82 valence electrons. The smallest absolute Gasteiger partial charge is 0.331 e. The van der Waals surface area contributed by atoms with Gasteiger partial charge >= 0.3 is 5.97 Å². The van der Waals surface area contributed by atoms with Crippen molar-refractivity contribution < 1.29 is 9.90 Å². The Kier molecular flexibility index (Phi) is 3.84. The van der Waals surface area contributed by atoms with Crippen LogP contribution in [0.15, 0.2) is 0 Å². The zero-order chi connectivity index (χ0) is 10.8. The highest BCUT2D eigenvalue weighted by molar-refractivity contribution is 8.00. The minimum absolute atomic E-state index is 0.288. The summed E-state index contributed by atoms with van der Waals surface area (Å²) in [5, 5.41) is 8.64. The fourth-order valence-electron chi connectivity index (χ4n) is 1.44. The summed E-state index contributed by atoms with van der Waals surface area (Å²) in [5.74, 6) is 0.252. The topological polar surface area (TPSA) is 40.5 Å². The van der Waals surface area contributed by atoms with Crippen LogP contribution in [0.3, 0.4) is 0 Å². The van der Waals surface area contributed by atoms with E-state index in [-0.39, 0.29) is 10.8 Å². The Morgan fingerprint density at radius 1 is 1.57 bits per heavy atom. The van der Waals surface area contributed by atoms with Crippen LogP contribution in [-0.2, 0) is 4.79 Å². The molecule has 1 atom stereocenters. The molecule has 0 spiro atoms. The Morgan fingerprint density at radius 3 is 2.71 bits per heavy atom. The highest BCUT2D eigenvalue weighted by atomic mass is 32.2. The van der Waals surface area contributed by atoms with Crippen molar-refractivity contribution in [1.29, 1.82) is 0 Å². The molecule has 3 nitrogen and oxygen atoms in total. The maximum absolute atomic E-state index is 10.9. The minimum atomic E-state index is -0.693. The van der Waals surface area contributed by atoms with Gasteiger partial charge < -0.3 is 5.11 Å². The van der Waals surface area contributed by atoms with Crippen LogP contribution in [0.2, 0.25) is 0 Å². The van der Waals surface area contributed by atoms with E-state index in [9.17, 15) is 4.79 Å². The van der Waals surface area contributed by atoms with Crippen molar-refractivity contribution in [3.63, 3.8) is 0 Å². The van der Waals surface area contributed by atoms with Gasteiger partial charge in [0.2, 0.25) is 0 Å². The van der Waals surface area contributed by atoms with Crippen molar-refractivity contribution in [2.24, 2.45) is 5.41 Å². The van der Waals surface area contributed by atoms with Gasteiger partial charge in [0.05, 0.1) is 0 Å². The molecule has 4 heteroatoms. The van der Waals surface area contributed by atoms with E-state index in [4.69, 9.17) is 5.11 Å². The number of nitrogens with zero attached hydrogens (tertiary/aromatic N) is 1. The number of carboxylic acid groups (broad SMARTS) is 1. The summed E-state index contributed by atoms with van der Waals surface area (Å²) in [6.45, 7) is 8.37. The molecule has 14 heavy (non-hydrogen) atoms. The first kappa shape index (κ1) is 11.9. The second-order valence-electron chi connectivity index (χ2n) is 4.91. The first-order chi connectivity index (χ1) is 6.40. The van der Waals surface area contributed by atoms with Crippen LogP contribution in [0, 0.1) is 5.41 Å². The van der Waals surface area contributed by atoms with Crippen molar-refractivity contribution in [2.45, 2.75) is 32.6 Å². The average Bonchev–Trinajstić information content (AvgIpc) is 2.46. The molecule has 0 radical (unpaired) electrons. The number of hydrogen-bond acceptors (Lipinski definition) is 3. The predicted octanol–water partition coefficient (Wildman–Crippen LogP) is 1.88. The van der Waals surface area contributed by atoms with Crippen LogP contribution in [0.25, 0.3) is 0 Å². The Labute approximate surface area is 89.9 Å². The van der Waals surface area contributed by atoms with Crippen LogP contribution in [-0.4, -0.2) is 40.2 Å². The molecule has 1 rings (SSSR count). The lowest BCUT2D eigenvalue weighted by atomic mass is 9.92. The second-order valence-corrected chi connectivity index (χ2v) is 6.10. The summed E-state index contributed by atoms with van der Waals surface area (Å²) in [6.07, 6.45) is 1.05. The van der Waals surface area contributed by atoms with Crippen molar-refractivity contribution in [3.05, 3.63) is 0 Å². The van der Waals surface area contributed by atoms with Gasteiger partial charge in [-0.25, -0.2) is 4.79 Å². The number of carboxylic acids is 1. The summed E-state index contributed by atoms with van der Waals surface area (Å²) < 4.78 is 0. The molecular formula is C10H19NO2S. The monoisotopic (exact) mass is 217 g/mol. The first-order valence-electron chi connectivity index (χ1n) is 4.98. The molecule has 0 saturated carbocycles. The summed E-state index contributed by atoms with van der Waals surface area (Å²) >= 11 is 1.54. The van der Waals surface area contributed by atoms with Crippen LogP contribution >= 0.6 is 11.8 Å². The quantitative estimate of drug-likeness (QED) is 0.783. The van der Waals surface area contributed by atoms with E-state index in [0.717, 1.165) is 25.3 Å². The average molecular weight is 217 g/mol. The van der Waals surface area contributed by atoms with Crippen molar-refractivity contribution >= 4 is 17.7 Å². The van der Waals surface area contributed by atoms with Crippen molar-refractivity contribution in [1.82, 2.24) is 4.90 Å². The van der Waals surface area contributed by atoms with E-state index in [1.165, 1.54) is 11.8 Å². The standard InChI is InChI=1S/C10H19NO2S/c1-10(2,3)4-5-11-6-7-14-8(11)9(12)13/h8H,4-7H2,1-3H3,(H,12,13). The van der Waals surface area contributed by atoms with Gasteiger partial charge in [0.15, 0.2) is 5.37 Å². The fourth-order valence-corrected chi connectivity index (χ4v) is 2.57. The molecule has 1 fully saturated rings. The molecule has 0 bridgehead atoms. The van der Waals surface area contributed by atoms with E-state index in [0.29, 0.717) is 0 Å². The Bertz CT molecular complexity index is 213. The van der Waals surface area contributed by atoms with Gasteiger partial charge in [-0.15, -0.1) is 11.8 Å². The SMILES string of the molecule is CC(C)(C)CCN1CCSC1C(=O)O. The van der Waals surface area contributed by atoms with Crippen LogP contribution in [0.4, 0.5) is 0 Å². The van der Waals surface area contributed by atoms with Gasteiger partial charge in [-0.3, -0.25) is 4.90 Å². The van der Waals surface area contributed by atoms with Gasteiger partial charge in [-0.2, -0.15) is 0 Å². The molecule has 1 unspecified atom stereocenters. The van der Waals surface area contributed by atoms with Gasteiger partial charge in [-0.05, 0) is 11.8 Å². The lowest BCUT2D eigenvalue weighted by molar-refractivity contribution is -0.139. The number of carbonyl (C=O) groups is 1. The number of rotatable bonds is 3. The Balaban J connectivity index is 2.40. The number of hydrogen-bond donors (Lipinski definition) is 1. The molecule has 1 saturated heterocycles. The minimum Gasteiger partial charge on any atom is -0.479 e. The van der Waals surface area contributed by atoms with E-state index < -0.39 is 5.97 Å². The zero-order valence-electron chi connectivity index (χ0n) is 9.12. The third kappa shape index (κ3) is 3.50. The first-order valence-corrected chi connectivity index (χ1v) is 6.03. The normalized spacial score (nSPS) is 24.1. The predicted molar refractivity (Wildman–Crippen MR) is 59.5 cm³/mol. The largest absolute Gasteiger partial charge is 0.479 e. The lowest BCUT2D eigenvalue weighted by Gasteiger charge is -2.25. The van der Waals surface area contributed by atoms with Gasteiger partial charge in [0.1, 0.15) is 0 Å². The molecule has 0 aliphatic carbocycles. The fraction of sp³-hybridized carbons (Fsp3) is 0.900. The second kappa shape index (κ2) is 4.53. The van der Waals surface area contributed by atoms with E-state index in [2.05, 4.69) is 25.7 Å². The molecule has 0 amide bonds. The summed E-state index contributed by atoms with van der Waals surface area (Å²) in [4.78, 5) is 12.9. The summed E-state index contributed by atoms with van der Waals surface area (Å²) in [6, 6.07) is 0. The highest BCUT2D eigenvalue weighted by Crippen LogP contribution is 2.26. The summed E-state index contributed by atoms with van der Waals surface area (Å²) in [7, 11) is 0. The zero-order valence-corrected chi connectivity index (χ0v) is 9.93. The van der Waals surface area contributed by atoms with Crippen molar-refractivity contribution in [3.8, 4) is 0 Å². The molecule has 1 aliphatic heterocycles. The van der Waals surface area contributed by atoms with E-state index >= 15 is 0 Å². The third-order valence-corrected chi connectivity index (χ3v) is 3.58. The number of thioether (sulfide) groups is 1. The third-order valence-electron chi connectivity index (χ3n) is 2.35.